The molecule has 0 atom stereocenters. The minimum absolute atomic E-state index is 0.425. The second-order valence-corrected chi connectivity index (χ2v) is 4.29. The quantitative estimate of drug-likeness (QED) is 0.840. The third-order valence-electron chi connectivity index (χ3n) is 2.05. The van der Waals surface area contributed by atoms with Gasteiger partial charge >= 0.3 is 0 Å². The van der Waals surface area contributed by atoms with E-state index in [1.165, 1.54) is 23.1 Å². The number of aromatic nitrogens is 1. The van der Waals surface area contributed by atoms with E-state index >= 15 is 0 Å². The Bertz CT molecular complexity index is 488. The van der Waals surface area contributed by atoms with Crippen LogP contribution in [0.2, 0.25) is 0 Å². The number of amides is 1. The van der Waals surface area contributed by atoms with E-state index in [0.717, 1.165) is 10.6 Å². The van der Waals surface area contributed by atoms with Gasteiger partial charge in [0.15, 0.2) is 0 Å². The van der Waals surface area contributed by atoms with Crippen LogP contribution in [0.5, 0.6) is 0 Å². The normalized spacial score (nSPS) is 10.2. The number of hydrogen-bond acceptors (Lipinski definition) is 3. The number of primary amides is 1. The van der Waals surface area contributed by atoms with Gasteiger partial charge in [0, 0.05) is 5.56 Å². The molecule has 3 nitrogen and oxygen atoms in total. The first-order valence-corrected chi connectivity index (χ1v) is 5.31. The zero-order valence-electron chi connectivity index (χ0n) is 8.23. The molecule has 76 valence electrons. The molecule has 0 saturated heterocycles. The maximum atomic E-state index is 10.9. The van der Waals surface area contributed by atoms with Gasteiger partial charge in [-0.3, -0.25) is 4.79 Å². The minimum atomic E-state index is -0.425. The first-order valence-electron chi connectivity index (χ1n) is 4.49. The van der Waals surface area contributed by atoms with Crippen LogP contribution in [-0.2, 0) is 0 Å². The first kappa shape index (κ1) is 9.86. The lowest BCUT2D eigenvalue weighted by Crippen LogP contribution is -2.08. The van der Waals surface area contributed by atoms with Crippen molar-refractivity contribution in [2.75, 3.05) is 0 Å². The Hall–Kier alpha value is -1.68. The molecule has 2 rings (SSSR count). The number of nitrogens with zero attached hydrogens (tertiary/aromatic N) is 1. The molecule has 0 aliphatic carbocycles. The van der Waals surface area contributed by atoms with E-state index in [0.29, 0.717) is 4.88 Å². The molecule has 1 amide bonds. The topological polar surface area (TPSA) is 56.0 Å². The molecule has 2 aromatic rings. The van der Waals surface area contributed by atoms with Crippen molar-refractivity contribution in [1.82, 2.24) is 4.98 Å². The third kappa shape index (κ3) is 2.05. The molecular formula is C11H10N2OS. The van der Waals surface area contributed by atoms with Gasteiger partial charge in [0.2, 0.25) is 0 Å². The van der Waals surface area contributed by atoms with Gasteiger partial charge in [-0.2, -0.15) is 0 Å². The summed E-state index contributed by atoms with van der Waals surface area (Å²) in [6.07, 6.45) is 1.52. The SMILES string of the molecule is Cc1ccc(-c2ncc(C(N)=O)s2)cc1. The largest absolute Gasteiger partial charge is 0.365 e. The van der Waals surface area contributed by atoms with Crippen molar-refractivity contribution in [3.05, 3.63) is 40.9 Å². The Kier molecular flexibility index (Phi) is 2.51. The summed E-state index contributed by atoms with van der Waals surface area (Å²) in [6.45, 7) is 2.03. The fraction of sp³-hybridized carbons (Fsp3) is 0.0909. The highest BCUT2D eigenvalue weighted by Crippen LogP contribution is 2.24. The van der Waals surface area contributed by atoms with E-state index in [9.17, 15) is 4.79 Å². The van der Waals surface area contributed by atoms with Gasteiger partial charge in [0.1, 0.15) is 9.88 Å². The van der Waals surface area contributed by atoms with E-state index in [1.807, 2.05) is 31.2 Å². The summed E-state index contributed by atoms with van der Waals surface area (Å²) in [5.41, 5.74) is 7.37. The van der Waals surface area contributed by atoms with Crippen LogP contribution in [0.3, 0.4) is 0 Å². The van der Waals surface area contributed by atoms with Gasteiger partial charge < -0.3 is 5.73 Å². The first-order chi connectivity index (χ1) is 7.16. The summed E-state index contributed by atoms with van der Waals surface area (Å²) in [5, 5.41) is 0.823. The number of thiazole rings is 1. The van der Waals surface area contributed by atoms with Crippen LogP contribution in [0, 0.1) is 6.92 Å². The zero-order chi connectivity index (χ0) is 10.8. The Balaban J connectivity index is 2.37. The fourth-order valence-corrected chi connectivity index (χ4v) is 1.99. The van der Waals surface area contributed by atoms with Crippen molar-refractivity contribution in [2.24, 2.45) is 5.73 Å². The highest BCUT2D eigenvalue weighted by atomic mass is 32.1. The lowest BCUT2D eigenvalue weighted by molar-refractivity contribution is 0.100. The molecule has 1 aromatic heterocycles. The van der Waals surface area contributed by atoms with Crippen LogP contribution in [-0.4, -0.2) is 10.9 Å². The Morgan fingerprint density at radius 1 is 1.33 bits per heavy atom. The lowest BCUT2D eigenvalue weighted by atomic mass is 10.2. The van der Waals surface area contributed by atoms with Crippen LogP contribution in [0.25, 0.3) is 10.6 Å². The smallest absolute Gasteiger partial charge is 0.260 e. The van der Waals surface area contributed by atoms with Crippen molar-refractivity contribution < 1.29 is 4.79 Å². The number of hydrogen-bond donors (Lipinski definition) is 1. The minimum Gasteiger partial charge on any atom is -0.365 e. The standard InChI is InChI=1S/C11H10N2OS/c1-7-2-4-8(5-3-7)11-13-6-9(15-11)10(12)14/h2-6H,1H3,(H2,12,14). The summed E-state index contributed by atoms with van der Waals surface area (Å²) < 4.78 is 0. The molecule has 0 spiro atoms. The van der Waals surface area contributed by atoms with Gasteiger partial charge in [-0.15, -0.1) is 11.3 Å². The number of carbonyl (C=O) groups excluding carboxylic acids is 1. The van der Waals surface area contributed by atoms with E-state index in [1.54, 1.807) is 0 Å². The van der Waals surface area contributed by atoms with Crippen molar-refractivity contribution in [2.45, 2.75) is 6.92 Å². The van der Waals surface area contributed by atoms with Crippen LogP contribution >= 0.6 is 11.3 Å². The highest BCUT2D eigenvalue weighted by Gasteiger charge is 2.07. The molecule has 0 radical (unpaired) electrons. The predicted molar refractivity (Wildman–Crippen MR) is 60.8 cm³/mol. The van der Waals surface area contributed by atoms with Crippen molar-refractivity contribution in [3.63, 3.8) is 0 Å². The van der Waals surface area contributed by atoms with E-state index in [2.05, 4.69) is 4.98 Å². The maximum Gasteiger partial charge on any atom is 0.260 e. The molecule has 0 saturated carbocycles. The molecule has 1 aromatic carbocycles. The van der Waals surface area contributed by atoms with Crippen molar-refractivity contribution in [3.8, 4) is 10.6 Å². The second-order valence-electron chi connectivity index (χ2n) is 3.26. The van der Waals surface area contributed by atoms with Gasteiger partial charge in [-0.25, -0.2) is 4.98 Å². The summed E-state index contributed by atoms with van der Waals surface area (Å²) in [5.74, 6) is -0.425. The summed E-state index contributed by atoms with van der Waals surface area (Å²) >= 11 is 1.31. The van der Waals surface area contributed by atoms with Gasteiger partial charge in [0.05, 0.1) is 6.20 Å². The van der Waals surface area contributed by atoms with Crippen molar-refractivity contribution in [1.29, 1.82) is 0 Å². The average molecular weight is 218 g/mol. The molecule has 4 heteroatoms. The average Bonchev–Trinajstić information content (AvgIpc) is 2.68. The number of benzene rings is 1. The van der Waals surface area contributed by atoms with Crippen LogP contribution in [0.15, 0.2) is 30.5 Å². The monoisotopic (exact) mass is 218 g/mol. The molecule has 0 aliphatic heterocycles. The maximum absolute atomic E-state index is 10.9. The van der Waals surface area contributed by atoms with Crippen LogP contribution < -0.4 is 5.73 Å². The summed E-state index contributed by atoms with van der Waals surface area (Å²) in [6, 6.07) is 8.00. The molecule has 1 heterocycles. The summed E-state index contributed by atoms with van der Waals surface area (Å²) in [7, 11) is 0. The molecule has 0 unspecified atom stereocenters. The molecule has 0 fully saturated rings. The molecule has 2 N–H and O–H groups in total. The summed E-state index contributed by atoms with van der Waals surface area (Å²) in [4.78, 5) is 15.5. The Morgan fingerprint density at radius 2 is 2.00 bits per heavy atom. The number of nitrogens with two attached hydrogens (primary N) is 1. The molecule has 0 bridgehead atoms. The fourth-order valence-electron chi connectivity index (χ4n) is 1.22. The lowest BCUT2D eigenvalue weighted by Gasteiger charge is -1.95. The van der Waals surface area contributed by atoms with Crippen molar-refractivity contribution >= 4 is 17.2 Å². The van der Waals surface area contributed by atoms with E-state index in [4.69, 9.17) is 5.73 Å². The number of aryl methyl sites for hydroxylation is 1. The number of rotatable bonds is 2. The van der Waals surface area contributed by atoms with E-state index in [-0.39, 0.29) is 0 Å². The van der Waals surface area contributed by atoms with Crippen LogP contribution in [0.4, 0.5) is 0 Å². The van der Waals surface area contributed by atoms with Crippen LogP contribution in [0.1, 0.15) is 15.2 Å². The number of carbonyl (C=O) groups is 1. The van der Waals surface area contributed by atoms with Gasteiger partial charge in [-0.05, 0) is 6.92 Å². The predicted octanol–water partition coefficient (Wildman–Crippen LogP) is 2.22. The highest BCUT2D eigenvalue weighted by molar-refractivity contribution is 7.16. The van der Waals surface area contributed by atoms with Gasteiger partial charge in [-0.1, -0.05) is 29.8 Å². The van der Waals surface area contributed by atoms with Gasteiger partial charge in [0.25, 0.3) is 5.91 Å². The molecular weight excluding hydrogens is 208 g/mol. The van der Waals surface area contributed by atoms with E-state index < -0.39 is 5.91 Å². The third-order valence-corrected chi connectivity index (χ3v) is 3.11. The second kappa shape index (κ2) is 3.82. The zero-order valence-corrected chi connectivity index (χ0v) is 9.04. The molecule has 0 aliphatic rings. The molecule has 15 heavy (non-hydrogen) atoms. The Labute approximate surface area is 91.6 Å². The Morgan fingerprint density at radius 3 is 2.53 bits per heavy atom.